The number of hydrogen-bond donors (Lipinski definition) is 1. The molecule has 0 saturated carbocycles. The number of hydrogen-bond acceptors (Lipinski definition) is 3. The van der Waals surface area contributed by atoms with Crippen LogP contribution >= 0.6 is 0 Å². The molecule has 0 aromatic heterocycles. The third-order valence-electron chi connectivity index (χ3n) is 5.88. The van der Waals surface area contributed by atoms with Gasteiger partial charge in [-0.25, -0.2) is 10.0 Å². The van der Waals surface area contributed by atoms with Crippen LogP contribution in [0.3, 0.4) is 0 Å². The first-order chi connectivity index (χ1) is 16.1. The van der Waals surface area contributed by atoms with Gasteiger partial charge in [-0.2, -0.15) is 0 Å². The summed E-state index contributed by atoms with van der Waals surface area (Å²) in [6, 6.07) is 27.2. The molecule has 6 nitrogen and oxygen atoms in total. The van der Waals surface area contributed by atoms with Crippen LogP contribution in [0.4, 0.5) is 17.1 Å². The molecule has 1 saturated heterocycles. The van der Waals surface area contributed by atoms with Gasteiger partial charge in [0.05, 0.1) is 17.8 Å². The molecule has 168 valence electrons. The summed E-state index contributed by atoms with van der Waals surface area (Å²) in [7, 11) is 0. The zero-order chi connectivity index (χ0) is 23.3. The van der Waals surface area contributed by atoms with Gasteiger partial charge in [-0.1, -0.05) is 74.4 Å². The first-order valence-electron chi connectivity index (χ1n) is 11.2. The summed E-state index contributed by atoms with van der Waals surface area (Å²) in [5, 5.41) is 5.68. The van der Waals surface area contributed by atoms with Crippen LogP contribution in [-0.4, -0.2) is 17.7 Å². The van der Waals surface area contributed by atoms with Crippen LogP contribution in [0.15, 0.2) is 91.0 Å². The zero-order valence-electron chi connectivity index (χ0n) is 18.6. The van der Waals surface area contributed by atoms with Gasteiger partial charge in [0, 0.05) is 5.69 Å². The minimum absolute atomic E-state index is 0.216. The maximum atomic E-state index is 14.0. The van der Waals surface area contributed by atoms with Gasteiger partial charge < -0.3 is 5.32 Å². The number of anilines is 3. The fourth-order valence-corrected chi connectivity index (χ4v) is 4.22. The largest absolute Gasteiger partial charge is 0.326 e. The Kier molecular flexibility index (Phi) is 6.54. The molecule has 33 heavy (non-hydrogen) atoms. The van der Waals surface area contributed by atoms with Crippen molar-refractivity contribution in [3.05, 3.63) is 91.0 Å². The van der Waals surface area contributed by atoms with Crippen LogP contribution in [0.1, 0.15) is 32.6 Å². The van der Waals surface area contributed by atoms with E-state index in [9.17, 15) is 14.4 Å². The lowest BCUT2D eigenvalue weighted by Crippen LogP contribution is -2.41. The van der Waals surface area contributed by atoms with Gasteiger partial charge in [-0.05, 0) is 42.8 Å². The topological polar surface area (TPSA) is 69.7 Å². The lowest BCUT2D eigenvalue weighted by Gasteiger charge is -2.27. The molecular formula is C27H27N3O3. The van der Waals surface area contributed by atoms with Gasteiger partial charge in [-0.3, -0.25) is 14.4 Å². The van der Waals surface area contributed by atoms with E-state index in [0.29, 0.717) is 29.9 Å². The molecule has 0 unspecified atom stereocenters. The van der Waals surface area contributed by atoms with E-state index in [1.54, 1.807) is 36.4 Å². The van der Waals surface area contributed by atoms with Crippen LogP contribution < -0.4 is 15.3 Å². The van der Waals surface area contributed by atoms with Gasteiger partial charge >= 0.3 is 0 Å². The summed E-state index contributed by atoms with van der Waals surface area (Å²) in [5.74, 6) is -1.11. The van der Waals surface area contributed by atoms with Crippen molar-refractivity contribution in [2.24, 2.45) is 5.41 Å². The Morgan fingerprint density at radius 2 is 1.21 bits per heavy atom. The number of nitrogens with zero attached hydrogens (tertiary/aromatic N) is 2. The predicted molar refractivity (Wildman–Crippen MR) is 130 cm³/mol. The highest BCUT2D eigenvalue weighted by Gasteiger charge is 2.59. The Morgan fingerprint density at radius 1 is 0.758 bits per heavy atom. The Bertz CT molecular complexity index is 1060. The molecule has 0 aliphatic carbocycles. The lowest BCUT2D eigenvalue weighted by molar-refractivity contribution is -0.139. The van der Waals surface area contributed by atoms with E-state index >= 15 is 0 Å². The average Bonchev–Trinajstić information content (AvgIpc) is 3.06. The van der Waals surface area contributed by atoms with Crippen molar-refractivity contribution in [1.82, 2.24) is 0 Å². The number of amides is 3. The molecule has 3 aromatic rings. The molecule has 1 N–H and O–H groups in total. The highest BCUT2D eigenvalue weighted by Crippen LogP contribution is 2.44. The summed E-state index contributed by atoms with van der Waals surface area (Å²) in [6.45, 7) is 2.01. The van der Waals surface area contributed by atoms with Crippen molar-refractivity contribution >= 4 is 34.8 Å². The van der Waals surface area contributed by atoms with E-state index in [1.165, 1.54) is 10.0 Å². The number of hydrazine groups is 1. The van der Waals surface area contributed by atoms with E-state index < -0.39 is 5.41 Å². The summed E-state index contributed by atoms with van der Waals surface area (Å²) in [6.07, 6.45) is 1.54. The second-order valence-corrected chi connectivity index (χ2v) is 8.18. The summed E-state index contributed by atoms with van der Waals surface area (Å²) < 4.78 is 0. The second-order valence-electron chi connectivity index (χ2n) is 8.18. The summed E-state index contributed by atoms with van der Waals surface area (Å²) in [5.41, 5.74) is 0.328. The number of carbonyl (C=O) groups excluding carboxylic acids is 3. The monoisotopic (exact) mass is 441 g/mol. The van der Waals surface area contributed by atoms with Crippen molar-refractivity contribution in [2.45, 2.75) is 32.6 Å². The highest BCUT2D eigenvalue weighted by molar-refractivity contribution is 6.27. The Labute approximate surface area is 193 Å². The number of rotatable bonds is 8. The summed E-state index contributed by atoms with van der Waals surface area (Å²) >= 11 is 0. The molecule has 1 heterocycles. The number of para-hydroxylation sites is 3. The van der Waals surface area contributed by atoms with Crippen molar-refractivity contribution in [1.29, 1.82) is 0 Å². The molecule has 3 aromatic carbocycles. The predicted octanol–water partition coefficient (Wildman–Crippen LogP) is 5.19. The van der Waals surface area contributed by atoms with Gasteiger partial charge in [-0.15, -0.1) is 0 Å². The van der Waals surface area contributed by atoms with Crippen LogP contribution in [0.5, 0.6) is 0 Å². The minimum Gasteiger partial charge on any atom is -0.326 e. The maximum absolute atomic E-state index is 14.0. The Hall–Kier alpha value is -3.93. The SMILES string of the molecule is CCCCC1(CC(=O)Nc2ccccc2)C(=O)N(c2ccccc2)N(c2ccccc2)C1=O. The van der Waals surface area contributed by atoms with Crippen molar-refractivity contribution in [2.75, 3.05) is 15.3 Å². The molecule has 6 heteroatoms. The third kappa shape index (κ3) is 4.37. The van der Waals surface area contributed by atoms with E-state index in [1.807, 2.05) is 61.5 Å². The van der Waals surface area contributed by atoms with Crippen LogP contribution in [0.2, 0.25) is 0 Å². The normalized spacial score (nSPS) is 15.1. The van der Waals surface area contributed by atoms with Gasteiger partial charge in [0.25, 0.3) is 11.8 Å². The van der Waals surface area contributed by atoms with E-state index in [-0.39, 0.29) is 24.1 Å². The standard InChI is InChI=1S/C27H27N3O3/c1-2-3-19-27(20-24(31)28-21-13-7-4-8-14-21)25(32)29(22-15-9-5-10-16-22)30(26(27)33)23-17-11-6-12-18-23/h4-18H,2-3,19-20H2,1H3,(H,28,31). The molecule has 1 aliphatic heterocycles. The summed E-state index contributed by atoms with van der Waals surface area (Å²) in [4.78, 5) is 41.1. The Balaban J connectivity index is 1.76. The second kappa shape index (κ2) is 9.69. The molecule has 0 radical (unpaired) electrons. The van der Waals surface area contributed by atoms with Crippen molar-refractivity contribution in [3.8, 4) is 0 Å². The van der Waals surface area contributed by atoms with E-state index in [0.717, 1.165) is 6.42 Å². The molecule has 0 atom stereocenters. The number of unbranched alkanes of at least 4 members (excludes halogenated alkanes) is 1. The first-order valence-corrected chi connectivity index (χ1v) is 11.2. The average molecular weight is 442 g/mol. The van der Waals surface area contributed by atoms with Crippen LogP contribution in [-0.2, 0) is 14.4 Å². The van der Waals surface area contributed by atoms with Gasteiger partial charge in [0.15, 0.2) is 0 Å². The van der Waals surface area contributed by atoms with Gasteiger partial charge in [0.1, 0.15) is 5.41 Å². The van der Waals surface area contributed by atoms with Gasteiger partial charge in [0.2, 0.25) is 5.91 Å². The zero-order valence-corrected chi connectivity index (χ0v) is 18.6. The molecule has 1 fully saturated rings. The first kappa shape index (κ1) is 22.3. The van der Waals surface area contributed by atoms with Crippen LogP contribution in [0, 0.1) is 5.41 Å². The van der Waals surface area contributed by atoms with Crippen LogP contribution in [0.25, 0.3) is 0 Å². The fraction of sp³-hybridized carbons (Fsp3) is 0.222. The highest BCUT2D eigenvalue weighted by atomic mass is 16.2. The smallest absolute Gasteiger partial charge is 0.262 e. The molecule has 0 bridgehead atoms. The molecule has 3 amide bonds. The van der Waals surface area contributed by atoms with E-state index in [2.05, 4.69) is 5.32 Å². The Morgan fingerprint density at radius 3 is 1.67 bits per heavy atom. The number of benzene rings is 3. The molecule has 4 rings (SSSR count). The molecule has 0 spiro atoms. The quantitative estimate of drug-likeness (QED) is 0.489. The minimum atomic E-state index is -1.47. The molecular weight excluding hydrogens is 414 g/mol. The maximum Gasteiger partial charge on any atom is 0.262 e. The van der Waals surface area contributed by atoms with E-state index in [4.69, 9.17) is 0 Å². The molecule has 1 aliphatic rings. The number of nitrogens with one attached hydrogen (secondary N) is 1. The number of carbonyl (C=O) groups is 3. The van der Waals surface area contributed by atoms with Crippen molar-refractivity contribution in [3.63, 3.8) is 0 Å². The van der Waals surface area contributed by atoms with Crippen molar-refractivity contribution < 1.29 is 14.4 Å². The third-order valence-corrected chi connectivity index (χ3v) is 5.88. The fourth-order valence-electron chi connectivity index (χ4n) is 4.22. The lowest BCUT2D eigenvalue weighted by atomic mass is 9.78.